The van der Waals surface area contributed by atoms with E-state index in [0.717, 1.165) is 10.4 Å². The van der Waals surface area contributed by atoms with Crippen LogP contribution >= 0.6 is 0 Å². The number of anilines is 1. The minimum absolute atomic E-state index is 0.233. The molecule has 10 nitrogen and oxygen atoms in total. The zero-order valence-corrected chi connectivity index (χ0v) is 16.6. The normalized spacial score (nSPS) is 17.3. The molecule has 0 spiro atoms. The lowest BCUT2D eigenvalue weighted by atomic mass is 10.1. The van der Waals surface area contributed by atoms with Gasteiger partial charge in [-0.05, 0) is 12.1 Å². The van der Waals surface area contributed by atoms with Crippen molar-refractivity contribution in [1.82, 2.24) is 14.7 Å². The third-order valence-electron chi connectivity index (χ3n) is 5.36. The van der Waals surface area contributed by atoms with Crippen molar-refractivity contribution in [3.05, 3.63) is 34.2 Å². The Bertz CT molecular complexity index is 1010. The zero-order chi connectivity index (χ0) is 21.1. The molecular formula is C20H24N4O6. The van der Waals surface area contributed by atoms with Crippen LogP contribution in [-0.2, 0) is 32.0 Å². The maximum atomic E-state index is 13.1. The van der Waals surface area contributed by atoms with Gasteiger partial charge in [0.25, 0.3) is 5.56 Å². The average molecular weight is 416 g/mol. The number of carbonyl (C=O) groups is 2. The molecular weight excluding hydrogens is 392 g/mol. The van der Waals surface area contributed by atoms with E-state index in [1.165, 1.54) is 0 Å². The summed E-state index contributed by atoms with van der Waals surface area (Å²) in [6.07, 6.45) is -0.334. The highest BCUT2D eigenvalue weighted by Crippen LogP contribution is 2.23. The lowest BCUT2D eigenvalue weighted by molar-refractivity contribution is -0.136. The average Bonchev–Trinajstić information content (AvgIpc) is 2.77. The Morgan fingerprint density at radius 3 is 2.33 bits per heavy atom. The van der Waals surface area contributed by atoms with Crippen molar-refractivity contribution in [3.8, 4) is 0 Å². The zero-order valence-electron chi connectivity index (χ0n) is 16.6. The van der Waals surface area contributed by atoms with Crippen LogP contribution in [0, 0.1) is 0 Å². The van der Waals surface area contributed by atoms with Gasteiger partial charge in [0.15, 0.2) is 0 Å². The minimum Gasteiger partial charge on any atom is -0.481 e. The number of fused-ring (bicyclic) bond motifs is 1. The summed E-state index contributed by atoms with van der Waals surface area (Å²) >= 11 is 0. The summed E-state index contributed by atoms with van der Waals surface area (Å²) in [7, 11) is 0. The maximum absolute atomic E-state index is 13.1. The molecule has 2 aliphatic rings. The van der Waals surface area contributed by atoms with Crippen LogP contribution in [0.1, 0.15) is 5.69 Å². The number of carbonyl (C=O) groups excluding carboxylic acids is 1. The molecule has 1 amide bonds. The Kier molecular flexibility index (Phi) is 5.96. The van der Waals surface area contributed by atoms with Crippen molar-refractivity contribution in [2.24, 2.45) is 0 Å². The fourth-order valence-electron chi connectivity index (χ4n) is 3.78. The molecule has 0 atom stereocenters. The maximum Gasteiger partial charge on any atom is 0.309 e. The van der Waals surface area contributed by atoms with Crippen LogP contribution in [-0.4, -0.2) is 84.3 Å². The Hall–Kier alpha value is -2.98. The second-order valence-corrected chi connectivity index (χ2v) is 7.30. The fourth-order valence-corrected chi connectivity index (χ4v) is 3.78. The monoisotopic (exact) mass is 416 g/mol. The third kappa shape index (κ3) is 4.29. The van der Waals surface area contributed by atoms with Gasteiger partial charge in [0, 0.05) is 37.3 Å². The van der Waals surface area contributed by atoms with E-state index in [9.17, 15) is 19.5 Å². The fraction of sp³-hybridized carbons (Fsp3) is 0.500. The van der Waals surface area contributed by atoms with E-state index < -0.39 is 11.5 Å². The van der Waals surface area contributed by atoms with Gasteiger partial charge < -0.3 is 24.4 Å². The predicted molar refractivity (Wildman–Crippen MR) is 108 cm³/mol. The number of aliphatic carboxylic acids is 1. The Balaban J connectivity index is 1.72. The predicted octanol–water partition coefficient (Wildman–Crippen LogP) is -0.281. The molecule has 160 valence electrons. The van der Waals surface area contributed by atoms with E-state index in [1.54, 1.807) is 17.0 Å². The van der Waals surface area contributed by atoms with Gasteiger partial charge in [-0.2, -0.15) is 5.10 Å². The van der Waals surface area contributed by atoms with E-state index in [2.05, 4.69) is 10.00 Å². The van der Waals surface area contributed by atoms with E-state index >= 15 is 0 Å². The smallest absolute Gasteiger partial charge is 0.309 e. The van der Waals surface area contributed by atoms with Gasteiger partial charge in [-0.15, -0.1) is 0 Å². The molecule has 1 aromatic heterocycles. The summed E-state index contributed by atoms with van der Waals surface area (Å²) in [5.41, 5.74) is 0.720. The number of hydrogen-bond donors (Lipinski definition) is 1. The number of rotatable bonds is 5. The number of morpholine rings is 2. The first-order chi connectivity index (χ1) is 14.5. The number of ether oxygens (including phenoxy) is 2. The molecule has 1 N–H and O–H groups in total. The van der Waals surface area contributed by atoms with E-state index in [-0.39, 0.29) is 24.6 Å². The van der Waals surface area contributed by atoms with Crippen molar-refractivity contribution in [3.63, 3.8) is 0 Å². The molecule has 0 aliphatic carbocycles. The topological polar surface area (TPSA) is 114 Å². The highest BCUT2D eigenvalue weighted by atomic mass is 16.5. The molecule has 0 unspecified atom stereocenters. The Morgan fingerprint density at radius 2 is 1.67 bits per heavy atom. The van der Waals surface area contributed by atoms with E-state index in [1.807, 2.05) is 6.07 Å². The lowest BCUT2D eigenvalue weighted by Crippen LogP contribution is -2.44. The number of benzene rings is 1. The summed E-state index contributed by atoms with van der Waals surface area (Å²) in [6.45, 7) is 4.24. The van der Waals surface area contributed by atoms with Crippen LogP contribution in [0.25, 0.3) is 10.8 Å². The van der Waals surface area contributed by atoms with Gasteiger partial charge in [0.2, 0.25) is 5.91 Å². The van der Waals surface area contributed by atoms with Crippen molar-refractivity contribution in [1.29, 1.82) is 0 Å². The van der Waals surface area contributed by atoms with Gasteiger partial charge in [-0.3, -0.25) is 14.4 Å². The summed E-state index contributed by atoms with van der Waals surface area (Å²) in [4.78, 5) is 40.9. The van der Waals surface area contributed by atoms with Crippen LogP contribution in [0.2, 0.25) is 0 Å². The summed E-state index contributed by atoms with van der Waals surface area (Å²) in [5.74, 6) is -1.29. The van der Waals surface area contributed by atoms with Gasteiger partial charge >= 0.3 is 5.97 Å². The second kappa shape index (κ2) is 8.80. The molecule has 1 aromatic carbocycles. The molecule has 0 saturated carbocycles. The molecule has 30 heavy (non-hydrogen) atoms. The number of aromatic nitrogens is 2. The number of nitrogens with zero attached hydrogens (tertiary/aromatic N) is 4. The first kappa shape index (κ1) is 20.3. The van der Waals surface area contributed by atoms with Crippen LogP contribution in [0.15, 0.2) is 23.0 Å². The van der Waals surface area contributed by atoms with E-state index in [4.69, 9.17) is 9.47 Å². The molecule has 4 rings (SSSR count). The number of hydrogen-bond acceptors (Lipinski definition) is 7. The molecule has 0 bridgehead atoms. The first-order valence-electron chi connectivity index (χ1n) is 9.96. The number of carboxylic acid groups (broad SMARTS) is 1. The van der Waals surface area contributed by atoms with Gasteiger partial charge in [-0.1, -0.05) is 6.07 Å². The molecule has 3 heterocycles. The van der Waals surface area contributed by atoms with Crippen molar-refractivity contribution in [2.45, 2.75) is 13.0 Å². The minimum atomic E-state index is -1.05. The largest absolute Gasteiger partial charge is 0.481 e. The summed E-state index contributed by atoms with van der Waals surface area (Å²) in [5, 5.41) is 14.4. The SMILES string of the molecule is O=C(O)Cc1nn(CC(=O)N2CCOCC2)c(=O)c2cc(N3CCOCC3)ccc12. The van der Waals surface area contributed by atoms with Crippen LogP contribution < -0.4 is 10.5 Å². The lowest BCUT2D eigenvalue weighted by Gasteiger charge is -2.29. The highest BCUT2D eigenvalue weighted by molar-refractivity contribution is 5.89. The quantitative estimate of drug-likeness (QED) is 0.708. The third-order valence-corrected chi connectivity index (χ3v) is 5.36. The second-order valence-electron chi connectivity index (χ2n) is 7.30. The molecule has 2 saturated heterocycles. The molecule has 2 aliphatic heterocycles. The molecule has 0 radical (unpaired) electrons. The summed E-state index contributed by atoms with van der Waals surface area (Å²) < 4.78 is 11.7. The van der Waals surface area contributed by atoms with E-state index in [0.29, 0.717) is 63.4 Å². The van der Waals surface area contributed by atoms with Gasteiger partial charge in [0.1, 0.15) is 6.54 Å². The van der Waals surface area contributed by atoms with Gasteiger partial charge in [0.05, 0.1) is 43.9 Å². The van der Waals surface area contributed by atoms with Crippen molar-refractivity contribution in [2.75, 3.05) is 57.5 Å². The first-order valence-corrected chi connectivity index (χ1v) is 9.96. The molecule has 2 aromatic rings. The van der Waals surface area contributed by atoms with Crippen LogP contribution in [0.5, 0.6) is 0 Å². The van der Waals surface area contributed by atoms with Crippen LogP contribution in [0.4, 0.5) is 5.69 Å². The number of carboxylic acids is 1. The van der Waals surface area contributed by atoms with Crippen LogP contribution in [0.3, 0.4) is 0 Å². The molecule has 10 heteroatoms. The van der Waals surface area contributed by atoms with Crippen molar-refractivity contribution < 1.29 is 24.2 Å². The van der Waals surface area contributed by atoms with Crippen molar-refractivity contribution >= 4 is 28.3 Å². The Morgan fingerprint density at radius 1 is 1.00 bits per heavy atom. The standard InChI is InChI=1S/C20H24N4O6/c25-18(23-5-9-30-10-6-23)13-24-20(28)16-11-14(22-3-7-29-8-4-22)1-2-15(16)17(21-24)12-19(26)27/h1-2,11H,3-10,12-13H2,(H,26,27). The van der Waals surface area contributed by atoms with Gasteiger partial charge in [-0.25, -0.2) is 4.68 Å². The number of amides is 1. The highest BCUT2D eigenvalue weighted by Gasteiger charge is 2.21. The molecule has 2 fully saturated rings. The Labute approximate surface area is 172 Å². The summed E-state index contributed by atoms with van der Waals surface area (Å²) in [6, 6.07) is 5.36.